The molecule has 0 saturated carbocycles. The SMILES string of the molecule is COc1cc2cc3c(cc2cc1OC)C(=O)OC3.Cl. The smallest absolute Gasteiger partial charge is 0.338 e. The average Bonchev–Trinajstić information content (AvgIpc) is 2.75. The van der Waals surface area contributed by atoms with Gasteiger partial charge in [0.15, 0.2) is 11.5 Å². The van der Waals surface area contributed by atoms with Crippen LogP contribution in [-0.2, 0) is 11.3 Å². The molecule has 0 fully saturated rings. The molecule has 5 heteroatoms. The predicted molar refractivity (Wildman–Crippen MR) is 73.4 cm³/mol. The number of methoxy groups -OCH3 is 2. The molecule has 2 aromatic carbocycles. The van der Waals surface area contributed by atoms with E-state index in [2.05, 4.69) is 0 Å². The van der Waals surface area contributed by atoms with Crippen molar-refractivity contribution in [2.24, 2.45) is 0 Å². The van der Waals surface area contributed by atoms with Gasteiger partial charge in [0.1, 0.15) is 6.61 Å². The molecule has 1 aliphatic rings. The molecule has 19 heavy (non-hydrogen) atoms. The fraction of sp³-hybridized carbons (Fsp3) is 0.214. The second kappa shape index (κ2) is 4.97. The highest BCUT2D eigenvalue weighted by Gasteiger charge is 2.22. The summed E-state index contributed by atoms with van der Waals surface area (Å²) in [7, 11) is 3.19. The standard InChI is InChI=1S/C14H12O4.ClH/c1-16-12-5-8-3-10-7-18-14(15)11(10)4-9(8)6-13(12)17-2;/h3-6H,7H2,1-2H3;1H. The maximum absolute atomic E-state index is 11.5. The van der Waals surface area contributed by atoms with Crippen LogP contribution in [0, 0.1) is 0 Å². The number of carbonyl (C=O) groups excluding carboxylic acids is 1. The number of fused-ring (bicyclic) bond motifs is 2. The molecule has 0 atom stereocenters. The Hall–Kier alpha value is -1.94. The van der Waals surface area contributed by atoms with Crippen molar-refractivity contribution in [2.45, 2.75) is 6.61 Å². The predicted octanol–water partition coefficient (Wildman–Crippen LogP) is 2.95. The van der Waals surface area contributed by atoms with Gasteiger partial charge in [-0.1, -0.05) is 0 Å². The van der Waals surface area contributed by atoms with Crippen molar-refractivity contribution in [3.05, 3.63) is 35.4 Å². The van der Waals surface area contributed by atoms with Crippen molar-refractivity contribution in [3.63, 3.8) is 0 Å². The lowest BCUT2D eigenvalue weighted by atomic mass is 10.0. The molecule has 0 N–H and O–H groups in total. The molecular weight excluding hydrogens is 268 g/mol. The summed E-state index contributed by atoms with van der Waals surface area (Å²) in [5.41, 5.74) is 1.55. The third kappa shape index (κ3) is 2.08. The van der Waals surface area contributed by atoms with Crippen molar-refractivity contribution >= 4 is 29.1 Å². The maximum Gasteiger partial charge on any atom is 0.338 e. The fourth-order valence-corrected chi connectivity index (χ4v) is 2.20. The van der Waals surface area contributed by atoms with Crippen molar-refractivity contribution in [1.29, 1.82) is 0 Å². The Labute approximate surface area is 116 Å². The summed E-state index contributed by atoms with van der Waals surface area (Å²) in [6, 6.07) is 7.55. The minimum atomic E-state index is -0.262. The molecule has 0 amide bonds. The molecule has 1 aliphatic heterocycles. The Kier molecular flexibility index (Phi) is 3.53. The van der Waals surface area contributed by atoms with Crippen LogP contribution in [0.25, 0.3) is 10.8 Å². The molecule has 4 nitrogen and oxygen atoms in total. The molecule has 3 rings (SSSR count). The summed E-state index contributed by atoms with van der Waals surface area (Å²) in [5, 5.41) is 1.94. The molecule has 0 aromatic heterocycles. The van der Waals surface area contributed by atoms with Gasteiger partial charge < -0.3 is 14.2 Å². The monoisotopic (exact) mass is 280 g/mol. The van der Waals surface area contributed by atoms with Gasteiger partial charge >= 0.3 is 5.97 Å². The first kappa shape index (κ1) is 13.5. The maximum atomic E-state index is 11.5. The number of benzene rings is 2. The highest BCUT2D eigenvalue weighted by Crippen LogP contribution is 2.34. The number of carbonyl (C=O) groups is 1. The Morgan fingerprint density at radius 3 is 2.16 bits per heavy atom. The lowest BCUT2D eigenvalue weighted by Crippen LogP contribution is -1.94. The van der Waals surface area contributed by atoms with E-state index in [9.17, 15) is 4.79 Å². The quantitative estimate of drug-likeness (QED) is 0.794. The van der Waals surface area contributed by atoms with Gasteiger partial charge in [0.05, 0.1) is 19.8 Å². The van der Waals surface area contributed by atoms with Gasteiger partial charge in [-0.3, -0.25) is 0 Å². The molecule has 0 aliphatic carbocycles. The first-order valence-corrected chi connectivity index (χ1v) is 5.58. The number of hydrogen-bond acceptors (Lipinski definition) is 4. The van der Waals surface area contributed by atoms with Crippen molar-refractivity contribution in [2.75, 3.05) is 14.2 Å². The van der Waals surface area contributed by atoms with Crippen LogP contribution < -0.4 is 9.47 Å². The Morgan fingerprint density at radius 1 is 1.00 bits per heavy atom. The summed E-state index contributed by atoms with van der Waals surface area (Å²) >= 11 is 0. The second-order valence-corrected chi connectivity index (χ2v) is 4.14. The van der Waals surface area contributed by atoms with Crippen LogP contribution in [0.4, 0.5) is 0 Å². The minimum Gasteiger partial charge on any atom is -0.493 e. The largest absolute Gasteiger partial charge is 0.493 e. The van der Waals surface area contributed by atoms with Crippen LogP contribution in [0.1, 0.15) is 15.9 Å². The van der Waals surface area contributed by atoms with E-state index in [0.717, 1.165) is 16.3 Å². The number of ether oxygens (including phenoxy) is 3. The average molecular weight is 281 g/mol. The van der Waals surface area contributed by atoms with E-state index < -0.39 is 0 Å². The van der Waals surface area contributed by atoms with E-state index in [1.54, 1.807) is 14.2 Å². The number of cyclic esters (lactones) is 1. The summed E-state index contributed by atoms with van der Waals surface area (Å²) in [6.45, 7) is 0.346. The Morgan fingerprint density at radius 2 is 1.58 bits per heavy atom. The van der Waals surface area contributed by atoms with Crippen molar-refractivity contribution in [1.82, 2.24) is 0 Å². The van der Waals surface area contributed by atoms with E-state index >= 15 is 0 Å². The molecule has 100 valence electrons. The molecule has 0 spiro atoms. The zero-order valence-electron chi connectivity index (χ0n) is 10.6. The third-order valence-corrected chi connectivity index (χ3v) is 3.14. The van der Waals surface area contributed by atoms with Crippen molar-refractivity contribution < 1.29 is 19.0 Å². The fourth-order valence-electron chi connectivity index (χ4n) is 2.20. The van der Waals surface area contributed by atoms with E-state index in [-0.39, 0.29) is 18.4 Å². The van der Waals surface area contributed by atoms with Gasteiger partial charge in [0, 0.05) is 5.56 Å². The molecule has 0 saturated heterocycles. The van der Waals surface area contributed by atoms with Gasteiger partial charge in [-0.05, 0) is 35.0 Å². The first-order valence-electron chi connectivity index (χ1n) is 5.58. The molecule has 0 unspecified atom stereocenters. The van der Waals surface area contributed by atoms with Crippen LogP contribution in [0.15, 0.2) is 24.3 Å². The van der Waals surface area contributed by atoms with Gasteiger partial charge in [-0.15, -0.1) is 12.4 Å². The van der Waals surface area contributed by atoms with Gasteiger partial charge in [-0.25, -0.2) is 4.79 Å². The van der Waals surface area contributed by atoms with Crippen LogP contribution in [0.2, 0.25) is 0 Å². The molecule has 0 radical (unpaired) electrons. The van der Waals surface area contributed by atoms with E-state index in [1.165, 1.54) is 0 Å². The molecule has 1 heterocycles. The van der Waals surface area contributed by atoms with Crippen LogP contribution >= 0.6 is 12.4 Å². The minimum absolute atomic E-state index is 0. The third-order valence-electron chi connectivity index (χ3n) is 3.14. The summed E-state index contributed by atoms with van der Waals surface area (Å²) in [5.74, 6) is 1.06. The second-order valence-electron chi connectivity index (χ2n) is 4.14. The lowest BCUT2D eigenvalue weighted by Gasteiger charge is -2.09. The highest BCUT2D eigenvalue weighted by atomic mass is 35.5. The van der Waals surface area contributed by atoms with Crippen LogP contribution in [0.3, 0.4) is 0 Å². The topological polar surface area (TPSA) is 44.8 Å². The van der Waals surface area contributed by atoms with Crippen LogP contribution in [-0.4, -0.2) is 20.2 Å². The van der Waals surface area contributed by atoms with Gasteiger partial charge in [-0.2, -0.15) is 0 Å². The number of esters is 1. The highest BCUT2D eigenvalue weighted by molar-refractivity contribution is 5.99. The lowest BCUT2D eigenvalue weighted by molar-refractivity contribution is 0.0535. The Bertz CT molecular complexity index is 651. The summed E-state index contributed by atoms with van der Waals surface area (Å²) < 4.78 is 15.5. The molecule has 0 bridgehead atoms. The zero-order chi connectivity index (χ0) is 12.7. The number of hydrogen-bond donors (Lipinski definition) is 0. The zero-order valence-corrected chi connectivity index (χ0v) is 11.4. The molecule has 2 aromatic rings. The summed E-state index contributed by atoms with van der Waals surface area (Å²) in [4.78, 5) is 11.5. The Balaban J connectivity index is 0.00000133. The van der Waals surface area contributed by atoms with E-state index in [4.69, 9.17) is 14.2 Å². The number of rotatable bonds is 2. The van der Waals surface area contributed by atoms with E-state index in [1.807, 2.05) is 24.3 Å². The summed E-state index contributed by atoms with van der Waals surface area (Å²) in [6.07, 6.45) is 0. The van der Waals surface area contributed by atoms with Gasteiger partial charge in [0.25, 0.3) is 0 Å². The normalized spacial score (nSPS) is 12.6. The molecular formula is C14H13ClO4. The van der Waals surface area contributed by atoms with Crippen molar-refractivity contribution in [3.8, 4) is 11.5 Å². The van der Waals surface area contributed by atoms with E-state index in [0.29, 0.717) is 23.7 Å². The first-order chi connectivity index (χ1) is 8.72. The number of halogens is 1. The van der Waals surface area contributed by atoms with Crippen LogP contribution in [0.5, 0.6) is 11.5 Å². The van der Waals surface area contributed by atoms with Gasteiger partial charge in [0.2, 0.25) is 0 Å².